The molecule has 3 rings (SSSR count). The highest BCUT2D eigenvalue weighted by Gasteiger charge is 2.45. The van der Waals surface area contributed by atoms with Crippen LogP contribution < -0.4 is 5.32 Å². The molecule has 108 valence electrons. The normalized spacial score (nSPS) is 15.5. The maximum absolute atomic E-state index is 13.0. The minimum Gasteiger partial charge on any atom is -0.346 e. The summed E-state index contributed by atoms with van der Waals surface area (Å²) in [5.74, 6) is -0.233. The van der Waals surface area contributed by atoms with Crippen molar-refractivity contribution in [1.82, 2.24) is 5.32 Å². The molecule has 0 spiro atoms. The SMILES string of the molecule is Cc1cccc(CC(=O)NC2(c3ccc(F)cc3)CC2)c1. The average Bonchev–Trinajstić information content (AvgIpc) is 3.20. The molecular formula is C18H18FNO. The van der Waals surface area contributed by atoms with Gasteiger partial charge in [-0.05, 0) is 43.0 Å². The molecule has 2 nitrogen and oxygen atoms in total. The lowest BCUT2D eigenvalue weighted by molar-refractivity contribution is -0.121. The van der Waals surface area contributed by atoms with Crippen molar-refractivity contribution in [2.24, 2.45) is 0 Å². The fourth-order valence-corrected chi connectivity index (χ4v) is 2.70. The highest BCUT2D eigenvalue weighted by Crippen LogP contribution is 2.45. The van der Waals surface area contributed by atoms with Crippen LogP contribution in [0.3, 0.4) is 0 Å². The van der Waals surface area contributed by atoms with E-state index in [9.17, 15) is 9.18 Å². The number of aryl methyl sites for hydroxylation is 1. The lowest BCUT2D eigenvalue weighted by Gasteiger charge is -2.18. The second kappa shape index (κ2) is 5.32. The number of amides is 1. The zero-order valence-corrected chi connectivity index (χ0v) is 12.0. The van der Waals surface area contributed by atoms with Gasteiger partial charge < -0.3 is 5.32 Å². The maximum atomic E-state index is 13.0. The molecule has 1 fully saturated rings. The highest BCUT2D eigenvalue weighted by molar-refractivity contribution is 5.80. The van der Waals surface area contributed by atoms with E-state index in [1.165, 1.54) is 12.1 Å². The Hall–Kier alpha value is -2.16. The molecule has 1 N–H and O–H groups in total. The number of nitrogens with one attached hydrogen (secondary N) is 1. The molecule has 2 aromatic rings. The number of carbonyl (C=O) groups excluding carboxylic acids is 1. The van der Waals surface area contributed by atoms with Crippen LogP contribution in [-0.2, 0) is 16.8 Å². The van der Waals surface area contributed by atoms with Crippen LogP contribution in [0.5, 0.6) is 0 Å². The second-order valence-corrected chi connectivity index (χ2v) is 5.80. The molecule has 0 saturated heterocycles. The first-order valence-corrected chi connectivity index (χ1v) is 7.20. The van der Waals surface area contributed by atoms with Gasteiger partial charge in [-0.25, -0.2) is 4.39 Å². The monoisotopic (exact) mass is 283 g/mol. The molecule has 0 heterocycles. The number of benzene rings is 2. The number of hydrogen-bond donors (Lipinski definition) is 1. The molecule has 1 amide bonds. The van der Waals surface area contributed by atoms with Gasteiger partial charge in [0.25, 0.3) is 0 Å². The molecule has 21 heavy (non-hydrogen) atoms. The van der Waals surface area contributed by atoms with Crippen LogP contribution in [0.1, 0.15) is 29.5 Å². The zero-order chi connectivity index (χ0) is 14.9. The predicted molar refractivity (Wildman–Crippen MR) is 80.3 cm³/mol. The van der Waals surface area contributed by atoms with Crippen molar-refractivity contribution in [1.29, 1.82) is 0 Å². The van der Waals surface area contributed by atoms with Gasteiger partial charge in [-0.1, -0.05) is 42.0 Å². The quantitative estimate of drug-likeness (QED) is 0.914. The van der Waals surface area contributed by atoms with Gasteiger partial charge >= 0.3 is 0 Å². The summed E-state index contributed by atoms with van der Waals surface area (Å²) in [5, 5.41) is 3.11. The molecule has 0 unspecified atom stereocenters. The number of hydrogen-bond acceptors (Lipinski definition) is 1. The highest BCUT2D eigenvalue weighted by atomic mass is 19.1. The summed E-state index contributed by atoms with van der Waals surface area (Å²) in [6.45, 7) is 2.02. The van der Waals surface area contributed by atoms with Gasteiger partial charge in [-0.15, -0.1) is 0 Å². The first-order chi connectivity index (χ1) is 10.1. The Morgan fingerprint density at radius 1 is 1.19 bits per heavy atom. The van der Waals surface area contributed by atoms with E-state index in [-0.39, 0.29) is 17.3 Å². The number of carbonyl (C=O) groups is 1. The van der Waals surface area contributed by atoms with Gasteiger partial charge in [-0.3, -0.25) is 4.79 Å². The van der Waals surface area contributed by atoms with E-state index in [1.54, 1.807) is 12.1 Å². The molecule has 3 heteroatoms. The van der Waals surface area contributed by atoms with Crippen molar-refractivity contribution in [3.8, 4) is 0 Å². The second-order valence-electron chi connectivity index (χ2n) is 5.80. The molecule has 0 radical (unpaired) electrons. The molecule has 0 aliphatic heterocycles. The molecule has 0 aromatic heterocycles. The third-order valence-corrected chi connectivity index (χ3v) is 3.97. The van der Waals surface area contributed by atoms with Gasteiger partial charge in [0.1, 0.15) is 5.82 Å². The molecule has 0 atom stereocenters. The van der Waals surface area contributed by atoms with E-state index in [0.29, 0.717) is 6.42 Å². The minimum absolute atomic E-state index is 0.0161. The Labute approximate surface area is 124 Å². The standard InChI is InChI=1S/C18H18FNO/c1-13-3-2-4-14(11-13)12-17(21)20-18(9-10-18)15-5-7-16(19)8-6-15/h2-8,11H,9-10,12H2,1H3,(H,20,21). The van der Waals surface area contributed by atoms with Gasteiger partial charge in [-0.2, -0.15) is 0 Å². The van der Waals surface area contributed by atoms with Gasteiger partial charge in [0, 0.05) is 0 Å². The van der Waals surface area contributed by atoms with Gasteiger partial charge in [0.05, 0.1) is 12.0 Å². The Balaban J connectivity index is 1.68. The van der Waals surface area contributed by atoms with Gasteiger partial charge in [0.15, 0.2) is 0 Å². The summed E-state index contributed by atoms with van der Waals surface area (Å²) in [6.07, 6.45) is 2.21. The van der Waals surface area contributed by atoms with Crippen LogP contribution in [0.2, 0.25) is 0 Å². The first-order valence-electron chi connectivity index (χ1n) is 7.20. The van der Waals surface area contributed by atoms with Crippen molar-refractivity contribution in [3.63, 3.8) is 0 Å². The van der Waals surface area contributed by atoms with Crippen molar-refractivity contribution in [3.05, 3.63) is 71.0 Å². The Kier molecular flexibility index (Phi) is 3.50. The minimum atomic E-state index is -0.283. The lowest BCUT2D eigenvalue weighted by atomic mass is 10.0. The van der Waals surface area contributed by atoms with Crippen molar-refractivity contribution < 1.29 is 9.18 Å². The molecule has 1 aliphatic carbocycles. The van der Waals surface area contributed by atoms with E-state index < -0.39 is 0 Å². The van der Waals surface area contributed by atoms with E-state index in [2.05, 4.69) is 5.32 Å². The first kappa shape index (κ1) is 13.8. The number of rotatable bonds is 4. The van der Waals surface area contributed by atoms with Gasteiger partial charge in [0.2, 0.25) is 5.91 Å². The summed E-state index contributed by atoms with van der Waals surface area (Å²) < 4.78 is 13.0. The van der Waals surface area contributed by atoms with E-state index in [1.807, 2.05) is 31.2 Å². The predicted octanol–water partition coefficient (Wildman–Crippen LogP) is 3.48. The van der Waals surface area contributed by atoms with Crippen LogP contribution in [0, 0.1) is 12.7 Å². The van der Waals surface area contributed by atoms with E-state index >= 15 is 0 Å². The van der Waals surface area contributed by atoms with Crippen LogP contribution in [-0.4, -0.2) is 5.91 Å². The third-order valence-electron chi connectivity index (χ3n) is 3.97. The lowest BCUT2D eigenvalue weighted by Crippen LogP contribution is -2.35. The fraction of sp³-hybridized carbons (Fsp3) is 0.278. The van der Waals surface area contributed by atoms with Crippen LogP contribution in [0.25, 0.3) is 0 Å². The van der Waals surface area contributed by atoms with Crippen LogP contribution in [0.15, 0.2) is 48.5 Å². The smallest absolute Gasteiger partial charge is 0.225 e. The fourth-order valence-electron chi connectivity index (χ4n) is 2.70. The molecular weight excluding hydrogens is 265 g/mol. The van der Waals surface area contributed by atoms with Crippen LogP contribution >= 0.6 is 0 Å². The molecule has 2 aromatic carbocycles. The Morgan fingerprint density at radius 2 is 1.90 bits per heavy atom. The van der Waals surface area contributed by atoms with Crippen molar-refractivity contribution in [2.45, 2.75) is 31.7 Å². The van der Waals surface area contributed by atoms with Crippen molar-refractivity contribution >= 4 is 5.91 Å². The maximum Gasteiger partial charge on any atom is 0.225 e. The molecule has 0 bridgehead atoms. The Bertz CT molecular complexity index is 659. The average molecular weight is 283 g/mol. The summed E-state index contributed by atoms with van der Waals surface area (Å²) >= 11 is 0. The zero-order valence-electron chi connectivity index (χ0n) is 12.0. The topological polar surface area (TPSA) is 29.1 Å². The number of halogens is 1. The van der Waals surface area contributed by atoms with E-state index in [0.717, 1.165) is 29.5 Å². The Morgan fingerprint density at radius 3 is 2.52 bits per heavy atom. The van der Waals surface area contributed by atoms with Crippen molar-refractivity contribution in [2.75, 3.05) is 0 Å². The summed E-state index contributed by atoms with van der Waals surface area (Å²) in [6, 6.07) is 14.4. The summed E-state index contributed by atoms with van der Waals surface area (Å²) in [7, 11) is 0. The molecule has 1 aliphatic rings. The largest absolute Gasteiger partial charge is 0.346 e. The third kappa shape index (κ3) is 3.13. The molecule has 1 saturated carbocycles. The summed E-state index contributed by atoms with van der Waals surface area (Å²) in [4.78, 5) is 12.2. The van der Waals surface area contributed by atoms with E-state index in [4.69, 9.17) is 0 Å². The van der Waals surface area contributed by atoms with Crippen LogP contribution in [0.4, 0.5) is 4.39 Å². The summed E-state index contributed by atoms with van der Waals surface area (Å²) in [5.41, 5.74) is 2.87.